The number of anilines is 1. The number of hydrogen-bond acceptors (Lipinski definition) is 6. The molecule has 0 saturated carbocycles. The Morgan fingerprint density at radius 3 is 2.72 bits per heavy atom. The molecule has 3 rings (SSSR count). The summed E-state index contributed by atoms with van der Waals surface area (Å²) in [7, 11) is 1.51. The summed E-state index contributed by atoms with van der Waals surface area (Å²) in [5, 5.41) is 32.5. The summed E-state index contributed by atoms with van der Waals surface area (Å²) < 4.78 is 5.17. The molecular formula is C19H18N4O2. The Morgan fingerprint density at radius 2 is 2.00 bits per heavy atom. The lowest BCUT2D eigenvalue weighted by atomic mass is 10.0. The molecule has 0 aliphatic carbocycles. The quantitative estimate of drug-likeness (QED) is 0.759. The zero-order chi connectivity index (χ0) is 18.0. The van der Waals surface area contributed by atoms with Crippen LogP contribution in [-0.4, -0.2) is 22.4 Å². The summed E-state index contributed by atoms with van der Waals surface area (Å²) in [5.41, 5.74) is 3.35. The van der Waals surface area contributed by atoms with Gasteiger partial charge < -0.3 is 15.2 Å². The highest BCUT2D eigenvalue weighted by Crippen LogP contribution is 2.34. The summed E-state index contributed by atoms with van der Waals surface area (Å²) >= 11 is 0. The van der Waals surface area contributed by atoms with Crippen LogP contribution in [0.15, 0.2) is 30.3 Å². The number of phenolic OH excluding ortho intramolecular Hbond substituents is 1. The lowest BCUT2D eigenvalue weighted by Gasteiger charge is -2.13. The predicted molar refractivity (Wildman–Crippen MR) is 95.7 cm³/mol. The van der Waals surface area contributed by atoms with Gasteiger partial charge in [0.25, 0.3) is 0 Å². The predicted octanol–water partition coefficient (Wildman–Crippen LogP) is 3.44. The second-order valence-corrected chi connectivity index (χ2v) is 5.76. The molecule has 0 saturated heterocycles. The Hall–Kier alpha value is -3.33. The molecular weight excluding hydrogens is 316 g/mol. The van der Waals surface area contributed by atoms with Crippen molar-refractivity contribution < 1.29 is 9.84 Å². The highest BCUT2D eigenvalue weighted by atomic mass is 16.5. The minimum absolute atomic E-state index is 0.0492. The minimum Gasteiger partial charge on any atom is -0.504 e. The fourth-order valence-electron chi connectivity index (χ4n) is 2.77. The first-order chi connectivity index (χ1) is 12.0. The van der Waals surface area contributed by atoms with E-state index in [1.54, 1.807) is 18.2 Å². The molecule has 126 valence electrons. The van der Waals surface area contributed by atoms with Gasteiger partial charge in [-0.2, -0.15) is 10.4 Å². The minimum atomic E-state index is 0.0492. The van der Waals surface area contributed by atoms with Crippen LogP contribution >= 0.6 is 0 Å². The summed E-state index contributed by atoms with van der Waals surface area (Å²) in [4.78, 5) is 0. The largest absolute Gasteiger partial charge is 0.504 e. The van der Waals surface area contributed by atoms with E-state index in [0.29, 0.717) is 23.7 Å². The number of nitrogens with zero attached hydrogens (tertiary/aromatic N) is 3. The molecule has 0 aliphatic rings. The van der Waals surface area contributed by atoms with E-state index in [4.69, 9.17) is 10.00 Å². The molecule has 6 heteroatoms. The fraction of sp³-hybridized carbons (Fsp3) is 0.211. The van der Waals surface area contributed by atoms with E-state index in [9.17, 15) is 5.11 Å². The van der Waals surface area contributed by atoms with Crippen molar-refractivity contribution in [1.29, 1.82) is 5.26 Å². The number of nitrogens with one attached hydrogen (secondary N) is 1. The Balaban J connectivity index is 1.99. The van der Waals surface area contributed by atoms with Gasteiger partial charge in [0.05, 0.1) is 24.4 Å². The average molecular weight is 334 g/mol. The standard InChI is InChI=1S/C19H18N4O2/c1-11-13(9-20)5-4-6-14(11)10-21-19-16-7-17(24)18(25-3)8-15(16)12(2)22-23-19/h4-8,24H,10H2,1-3H3,(H,21,23). The summed E-state index contributed by atoms with van der Waals surface area (Å²) in [5.74, 6) is 1.01. The van der Waals surface area contributed by atoms with Crippen LogP contribution in [0.25, 0.3) is 10.8 Å². The van der Waals surface area contributed by atoms with Crippen LogP contribution < -0.4 is 10.1 Å². The van der Waals surface area contributed by atoms with E-state index in [1.165, 1.54) is 7.11 Å². The number of hydrogen-bond donors (Lipinski definition) is 2. The van der Waals surface area contributed by atoms with E-state index in [0.717, 1.165) is 27.6 Å². The number of rotatable bonds is 4. The number of aromatic nitrogens is 2. The van der Waals surface area contributed by atoms with Crippen LogP contribution in [0, 0.1) is 25.2 Å². The van der Waals surface area contributed by atoms with Gasteiger partial charge in [-0.3, -0.25) is 0 Å². The van der Waals surface area contributed by atoms with E-state index in [1.807, 2.05) is 26.0 Å². The lowest BCUT2D eigenvalue weighted by Crippen LogP contribution is -2.06. The highest BCUT2D eigenvalue weighted by molar-refractivity contribution is 5.95. The summed E-state index contributed by atoms with van der Waals surface area (Å²) in [6, 6.07) is 11.2. The van der Waals surface area contributed by atoms with Crippen LogP contribution in [0.2, 0.25) is 0 Å². The van der Waals surface area contributed by atoms with E-state index >= 15 is 0 Å². The SMILES string of the molecule is COc1cc2c(C)nnc(NCc3cccc(C#N)c3C)c2cc1O. The van der Waals surface area contributed by atoms with Crippen molar-refractivity contribution in [1.82, 2.24) is 10.2 Å². The highest BCUT2D eigenvalue weighted by Gasteiger charge is 2.12. The second kappa shape index (κ2) is 6.65. The van der Waals surface area contributed by atoms with Gasteiger partial charge in [0.1, 0.15) is 0 Å². The monoisotopic (exact) mass is 334 g/mol. The number of ether oxygens (including phenoxy) is 1. The molecule has 25 heavy (non-hydrogen) atoms. The van der Waals surface area contributed by atoms with Gasteiger partial charge in [-0.05, 0) is 43.2 Å². The number of benzene rings is 2. The molecule has 0 aliphatic heterocycles. The smallest absolute Gasteiger partial charge is 0.161 e. The topological polar surface area (TPSA) is 91.1 Å². The van der Waals surface area contributed by atoms with Gasteiger partial charge in [0.15, 0.2) is 17.3 Å². The maximum atomic E-state index is 10.1. The first kappa shape index (κ1) is 16.5. The molecule has 0 spiro atoms. The van der Waals surface area contributed by atoms with Gasteiger partial charge in [0.2, 0.25) is 0 Å². The molecule has 0 amide bonds. The zero-order valence-corrected chi connectivity index (χ0v) is 14.3. The Kier molecular flexibility index (Phi) is 4.40. The molecule has 1 aromatic heterocycles. The van der Waals surface area contributed by atoms with E-state index in [2.05, 4.69) is 21.6 Å². The van der Waals surface area contributed by atoms with Gasteiger partial charge in [-0.1, -0.05) is 12.1 Å². The van der Waals surface area contributed by atoms with Crippen molar-refractivity contribution in [3.8, 4) is 17.6 Å². The molecule has 2 N–H and O–H groups in total. The number of phenols is 1. The molecule has 0 atom stereocenters. The maximum Gasteiger partial charge on any atom is 0.161 e. The van der Waals surface area contributed by atoms with E-state index < -0.39 is 0 Å². The first-order valence-corrected chi connectivity index (χ1v) is 7.81. The second-order valence-electron chi connectivity index (χ2n) is 5.76. The third-order valence-electron chi connectivity index (χ3n) is 4.28. The molecule has 2 aromatic carbocycles. The third-order valence-corrected chi connectivity index (χ3v) is 4.28. The van der Waals surface area contributed by atoms with Crippen LogP contribution in [0.5, 0.6) is 11.5 Å². The van der Waals surface area contributed by atoms with Gasteiger partial charge in [-0.25, -0.2) is 0 Å². The van der Waals surface area contributed by atoms with Crippen molar-refractivity contribution >= 4 is 16.6 Å². The first-order valence-electron chi connectivity index (χ1n) is 7.81. The van der Waals surface area contributed by atoms with Gasteiger partial charge >= 0.3 is 0 Å². The molecule has 0 unspecified atom stereocenters. The van der Waals surface area contributed by atoms with Crippen molar-refractivity contribution in [2.45, 2.75) is 20.4 Å². The molecule has 0 fully saturated rings. The van der Waals surface area contributed by atoms with Gasteiger partial charge in [-0.15, -0.1) is 5.10 Å². The van der Waals surface area contributed by atoms with Crippen molar-refractivity contribution in [3.05, 3.63) is 52.7 Å². The van der Waals surface area contributed by atoms with Crippen LogP contribution in [0.4, 0.5) is 5.82 Å². The molecule has 0 radical (unpaired) electrons. The summed E-state index contributed by atoms with van der Waals surface area (Å²) in [6.07, 6.45) is 0. The van der Waals surface area contributed by atoms with Crippen molar-refractivity contribution in [2.75, 3.05) is 12.4 Å². The molecule has 6 nitrogen and oxygen atoms in total. The number of nitriles is 1. The zero-order valence-electron chi connectivity index (χ0n) is 14.3. The number of fused-ring (bicyclic) bond motifs is 1. The van der Waals surface area contributed by atoms with Crippen molar-refractivity contribution in [2.24, 2.45) is 0 Å². The average Bonchev–Trinajstić information content (AvgIpc) is 2.62. The lowest BCUT2D eigenvalue weighted by molar-refractivity contribution is 0.374. The Labute approximate surface area is 145 Å². The maximum absolute atomic E-state index is 10.1. The van der Waals surface area contributed by atoms with E-state index in [-0.39, 0.29) is 5.75 Å². The van der Waals surface area contributed by atoms with Gasteiger partial charge in [0, 0.05) is 17.3 Å². The Morgan fingerprint density at radius 1 is 1.20 bits per heavy atom. The molecule has 1 heterocycles. The molecule has 0 bridgehead atoms. The fourth-order valence-corrected chi connectivity index (χ4v) is 2.77. The third kappa shape index (κ3) is 3.04. The summed E-state index contributed by atoms with van der Waals surface area (Å²) in [6.45, 7) is 4.28. The number of aryl methyl sites for hydroxylation is 1. The van der Waals surface area contributed by atoms with Crippen LogP contribution in [-0.2, 0) is 6.54 Å². The van der Waals surface area contributed by atoms with Crippen LogP contribution in [0.3, 0.4) is 0 Å². The molecule has 3 aromatic rings. The van der Waals surface area contributed by atoms with Crippen LogP contribution in [0.1, 0.15) is 22.4 Å². The number of methoxy groups -OCH3 is 1. The number of aromatic hydroxyl groups is 1. The Bertz CT molecular complexity index is 993. The van der Waals surface area contributed by atoms with Crippen molar-refractivity contribution in [3.63, 3.8) is 0 Å². The normalized spacial score (nSPS) is 10.5.